The third-order valence-electron chi connectivity index (χ3n) is 5.16. The number of fused-ring (bicyclic) bond motifs is 1. The Morgan fingerprint density at radius 1 is 1.26 bits per heavy atom. The quantitative estimate of drug-likeness (QED) is 0.774. The average Bonchev–Trinajstić information content (AvgIpc) is 3.23. The molecule has 0 aromatic heterocycles. The van der Waals surface area contributed by atoms with Gasteiger partial charge < -0.3 is 5.32 Å². The molecule has 0 heterocycles. The molecule has 0 aliphatic heterocycles. The van der Waals surface area contributed by atoms with Gasteiger partial charge in [-0.25, -0.2) is 0 Å². The molecule has 0 saturated heterocycles. The SMILES string of the molecule is CCCNC(CC1Cc2ccccc21)C(C)C1CC1. The normalized spacial score (nSPS) is 24.4. The second-order valence-electron chi connectivity index (χ2n) is 6.59. The molecule has 0 bridgehead atoms. The van der Waals surface area contributed by atoms with Crippen molar-refractivity contribution >= 4 is 0 Å². The Morgan fingerprint density at radius 3 is 2.74 bits per heavy atom. The van der Waals surface area contributed by atoms with Crippen LogP contribution in [0.1, 0.15) is 56.6 Å². The zero-order valence-electron chi connectivity index (χ0n) is 12.4. The molecule has 0 radical (unpaired) electrons. The molecule has 2 aliphatic carbocycles. The summed E-state index contributed by atoms with van der Waals surface area (Å²) in [4.78, 5) is 0. The summed E-state index contributed by atoms with van der Waals surface area (Å²) in [6.45, 7) is 5.91. The Balaban J connectivity index is 1.61. The van der Waals surface area contributed by atoms with Gasteiger partial charge in [0.15, 0.2) is 0 Å². The van der Waals surface area contributed by atoms with E-state index in [1.807, 2.05) is 0 Å². The molecule has 104 valence electrons. The van der Waals surface area contributed by atoms with E-state index in [0.717, 1.165) is 23.8 Å². The van der Waals surface area contributed by atoms with Gasteiger partial charge in [-0.1, -0.05) is 38.1 Å². The van der Waals surface area contributed by atoms with E-state index in [2.05, 4.69) is 43.4 Å². The largest absolute Gasteiger partial charge is 0.314 e. The molecule has 3 rings (SSSR count). The minimum absolute atomic E-state index is 0.728. The highest BCUT2D eigenvalue weighted by molar-refractivity contribution is 5.39. The van der Waals surface area contributed by atoms with Crippen molar-refractivity contribution in [3.05, 3.63) is 35.4 Å². The van der Waals surface area contributed by atoms with Gasteiger partial charge >= 0.3 is 0 Å². The van der Waals surface area contributed by atoms with Gasteiger partial charge in [0.1, 0.15) is 0 Å². The summed E-state index contributed by atoms with van der Waals surface area (Å²) in [6, 6.07) is 9.73. The van der Waals surface area contributed by atoms with Crippen molar-refractivity contribution in [3.63, 3.8) is 0 Å². The van der Waals surface area contributed by atoms with Crippen LogP contribution in [-0.2, 0) is 6.42 Å². The molecule has 1 aromatic carbocycles. The van der Waals surface area contributed by atoms with Gasteiger partial charge in [-0.3, -0.25) is 0 Å². The second kappa shape index (κ2) is 5.66. The molecule has 1 saturated carbocycles. The number of hydrogen-bond acceptors (Lipinski definition) is 1. The fourth-order valence-corrected chi connectivity index (χ4v) is 3.64. The van der Waals surface area contributed by atoms with Crippen LogP contribution in [0.15, 0.2) is 24.3 Å². The topological polar surface area (TPSA) is 12.0 Å². The van der Waals surface area contributed by atoms with E-state index in [9.17, 15) is 0 Å². The smallest absolute Gasteiger partial charge is 0.0101 e. The summed E-state index contributed by atoms with van der Waals surface area (Å²) in [6.07, 6.45) is 6.82. The summed E-state index contributed by atoms with van der Waals surface area (Å²) in [5.41, 5.74) is 3.20. The number of nitrogens with one attached hydrogen (secondary N) is 1. The van der Waals surface area contributed by atoms with E-state index in [0.29, 0.717) is 0 Å². The molecule has 0 spiro atoms. The zero-order chi connectivity index (χ0) is 13.2. The molecule has 3 unspecified atom stereocenters. The summed E-state index contributed by atoms with van der Waals surface area (Å²) in [7, 11) is 0. The predicted molar refractivity (Wildman–Crippen MR) is 81.5 cm³/mol. The zero-order valence-corrected chi connectivity index (χ0v) is 12.4. The molecule has 2 aliphatic rings. The monoisotopic (exact) mass is 257 g/mol. The highest BCUT2D eigenvalue weighted by Crippen LogP contribution is 2.43. The van der Waals surface area contributed by atoms with Crippen molar-refractivity contribution in [2.75, 3.05) is 6.54 Å². The van der Waals surface area contributed by atoms with Crippen LogP contribution in [0, 0.1) is 11.8 Å². The number of rotatable bonds is 7. The van der Waals surface area contributed by atoms with Gasteiger partial charge in [0.25, 0.3) is 0 Å². The Morgan fingerprint density at radius 2 is 2.05 bits per heavy atom. The first kappa shape index (κ1) is 13.2. The maximum absolute atomic E-state index is 3.82. The standard InChI is InChI=1S/C18H27N/c1-3-10-19-18(13(2)14-8-9-14)12-16-11-15-6-4-5-7-17(15)16/h4-7,13-14,16,18-19H,3,8-12H2,1-2H3. The minimum Gasteiger partial charge on any atom is -0.314 e. The van der Waals surface area contributed by atoms with Crippen LogP contribution in [0.5, 0.6) is 0 Å². The lowest BCUT2D eigenvalue weighted by Gasteiger charge is -2.35. The van der Waals surface area contributed by atoms with Crippen LogP contribution in [0.25, 0.3) is 0 Å². The third kappa shape index (κ3) is 2.86. The van der Waals surface area contributed by atoms with Gasteiger partial charge in [-0.15, -0.1) is 0 Å². The van der Waals surface area contributed by atoms with E-state index in [-0.39, 0.29) is 0 Å². The van der Waals surface area contributed by atoms with Gasteiger partial charge in [0, 0.05) is 6.04 Å². The molecular formula is C18H27N. The lowest BCUT2D eigenvalue weighted by atomic mass is 9.72. The molecule has 1 heteroatoms. The summed E-state index contributed by atoms with van der Waals surface area (Å²) in [5.74, 6) is 2.68. The van der Waals surface area contributed by atoms with Crippen molar-refractivity contribution in [2.24, 2.45) is 11.8 Å². The van der Waals surface area contributed by atoms with Gasteiger partial charge in [-0.2, -0.15) is 0 Å². The predicted octanol–water partition coefficient (Wildman–Crippen LogP) is 4.13. The van der Waals surface area contributed by atoms with Gasteiger partial charge in [0.05, 0.1) is 0 Å². The van der Waals surface area contributed by atoms with Crippen LogP contribution in [-0.4, -0.2) is 12.6 Å². The van der Waals surface area contributed by atoms with E-state index >= 15 is 0 Å². The highest BCUT2D eigenvalue weighted by Gasteiger charge is 2.36. The molecular weight excluding hydrogens is 230 g/mol. The third-order valence-corrected chi connectivity index (χ3v) is 5.16. The van der Waals surface area contributed by atoms with Crippen LogP contribution < -0.4 is 5.32 Å². The van der Waals surface area contributed by atoms with Crippen LogP contribution >= 0.6 is 0 Å². The van der Waals surface area contributed by atoms with Gasteiger partial charge in [0.2, 0.25) is 0 Å². The van der Waals surface area contributed by atoms with E-state index < -0.39 is 0 Å². The lowest BCUT2D eigenvalue weighted by molar-refractivity contribution is 0.299. The maximum Gasteiger partial charge on any atom is 0.0101 e. The summed E-state index contributed by atoms with van der Waals surface area (Å²) in [5, 5.41) is 3.82. The Hall–Kier alpha value is -0.820. The molecule has 19 heavy (non-hydrogen) atoms. The lowest BCUT2D eigenvalue weighted by Crippen LogP contribution is -2.39. The van der Waals surface area contributed by atoms with Crippen LogP contribution in [0.2, 0.25) is 0 Å². The first-order valence-electron chi connectivity index (χ1n) is 8.10. The number of hydrogen-bond donors (Lipinski definition) is 1. The summed E-state index contributed by atoms with van der Waals surface area (Å²) >= 11 is 0. The molecule has 0 amide bonds. The molecule has 3 atom stereocenters. The maximum atomic E-state index is 3.82. The molecule has 1 fully saturated rings. The van der Waals surface area contributed by atoms with E-state index in [1.165, 1.54) is 38.6 Å². The average molecular weight is 257 g/mol. The van der Waals surface area contributed by atoms with E-state index in [4.69, 9.17) is 0 Å². The van der Waals surface area contributed by atoms with Crippen LogP contribution in [0.4, 0.5) is 0 Å². The fourth-order valence-electron chi connectivity index (χ4n) is 3.64. The van der Waals surface area contributed by atoms with Crippen molar-refractivity contribution < 1.29 is 0 Å². The summed E-state index contributed by atoms with van der Waals surface area (Å²) < 4.78 is 0. The van der Waals surface area contributed by atoms with Crippen molar-refractivity contribution in [3.8, 4) is 0 Å². The Kier molecular flexibility index (Phi) is 3.93. The van der Waals surface area contributed by atoms with Crippen molar-refractivity contribution in [1.82, 2.24) is 5.32 Å². The van der Waals surface area contributed by atoms with Gasteiger partial charge in [-0.05, 0) is 67.5 Å². The Labute approximate surface area is 117 Å². The Bertz CT molecular complexity index is 421. The minimum atomic E-state index is 0.728. The fraction of sp³-hybridized carbons (Fsp3) is 0.667. The second-order valence-corrected chi connectivity index (χ2v) is 6.59. The van der Waals surface area contributed by atoms with E-state index in [1.54, 1.807) is 11.1 Å². The van der Waals surface area contributed by atoms with Crippen molar-refractivity contribution in [2.45, 2.75) is 57.9 Å². The molecule has 1 nitrogen and oxygen atoms in total. The number of benzene rings is 1. The van der Waals surface area contributed by atoms with Crippen LogP contribution in [0.3, 0.4) is 0 Å². The van der Waals surface area contributed by atoms with Crippen molar-refractivity contribution in [1.29, 1.82) is 0 Å². The molecule has 1 N–H and O–H groups in total. The molecule has 1 aromatic rings. The first-order chi connectivity index (χ1) is 9.29. The first-order valence-corrected chi connectivity index (χ1v) is 8.10. The highest BCUT2D eigenvalue weighted by atomic mass is 14.9.